The van der Waals surface area contributed by atoms with Crippen molar-refractivity contribution in [1.29, 1.82) is 0 Å². The number of carbonyl (C=O) groups is 1. The van der Waals surface area contributed by atoms with Crippen molar-refractivity contribution in [2.75, 3.05) is 14.1 Å². The Bertz CT molecular complexity index is 965. The Hall–Kier alpha value is -2.73. The number of carbonyl (C=O) groups excluding carboxylic acids is 1. The van der Waals surface area contributed by atoms with Crippen LogP contribution in [0.2, 0.25) is 0 Å². The van der Waals surface area contributed by atoms with E-state index in [1.54, 1.807) is 24.8 Å². The van der Waals surface area contributed by atoms with Crippen LogP contribution in [0.25, 0.3) is 22.3 Å². The van der Waals surface area contributed by atoms with Gasteiger partial charge in [0.1, 0.15) is 11.5 Å². The van der Waals surface area contributed by atoms with E-state index in [1.165, 1.54) is 0 Å². The summed E-state index contributed by atoms with van der Waals surface area (Å²) in [6.45, 7) is 0. The monoisotopic (exact) mass is 375 g/mol. The van der Waals surface area contributed by atoms with Crippen LogP contribution < -0.4 is 0 Å². The first-order valence-corrected chi connectivity index (χ1v) is 9.81. The molecule has 0 amide bonds. The van der Waals surface area contributed by atoms with E-state index in [0.29, 0.717) is 18.2 Å². The van der Waals surface area contributed by atoms with Gasteiger partial charge < -0.3 is 4.90 Å². The van der Waals surface area contributed by atoms with Gasteiger partial charge in [0, 0.05) is 48.1 Å². The van der Waals surface area contributed by atoms with Gasteiger partial charge in [0.15, 0.2) is 0 Å². The highest BCUT2D eigenvalue weighted by molar-refractivity contribution is 5.85. The lowest BCUT2D eigenvalue weighted by molar-refractivity contribution is -0.123. The summed E-state index contributed by atoms with van der Waals surface area (Å²) in [5, 5.41) is 0.954. The molecular weight excluding hydrogens is 350 g/mol. The van der Waals surface area contributed by atoms with Crippen molar-refractivity contribution in [3.63, 3.8) is 0 Å². The van der Waals surface area contributed by atoms with Gasteiger partial charge >= 0.3 is 0 Å². The molecule has 0 aliphatic heterocycles. The van der Waals surface area contributed by atoms with Crippen LogP contribution in [-0.4, -0.2) is 50.8 Å². The Balaban J connectivity index is 1.49. The average molecular weight is 375 g/mol. The molecule has 3 aromatic heterocycles. The van der Waals surface area contributed by atoms with Crippen LogP contribution >= 0.6 is 0 Å². The van der Waals surface area contributed by atoms with Crippen LogP contribution in [0.5, 0.6) is 0 Å². The lowest BCUT2D eigenvalue weighted by Crippen LogP contribution is -2.34. The number of fused-ring (bicyclic) bond motifs is 1. The molecule has 4 rings (SSSR count). The Labute approximate surface area is 165 Å². The fraction of sp³-hybridized carbons (Fsp3) is 0.409. The molecule has 3 aromatic rings. The van der Waals surface area contributed by atoms with Crippen LogP contribution in [-0.2, 0) is 11.2 Å². The number of hydrogen-bond donors (Lipinski definition) is 0. The van der Waals surface area contributed by atoms with E-state index in [-0.39, 0.29) is 5.92 Å². The predicted octanol–water partition coefficient (Wildman–Crippen LogP) is 3.32. The molecule has 0 unspecified atom stereocenters. The maximum absolute atomic E-state index is 12.8. The van der Waals surface area contributed by atoms with E-state index >= 15 is 0 Å². The molecule has 3 heterocycles. The molecule has 0 atom stereocenters. The SMILES string of the molecule is CN(C)C1CCC(C(=O)Cc2cc3nc(-c4cnccn4)ccc3cn2)CC1. The van der Waals surface area contributed by atoms with Crippen molar-refractivity contribution in [2.45, 2.75) is 38.1 Å². The molecule has 1 aliphatic rings. The molecule has 0 radical (unpaired) electrons. The van der Waals surface area contributed by atoms with Gasteiger partial charge in [0.05, 0.1) is 17.4 Å². The van der Waals surface area contributed by atoms with E-state index in [9.17, 15) is 4.79 Å². The molecule has 0 bridgehead atoms. The van der Waals surface area contributed by atoms with E-state index in [4.69, 9.17) is 4.98 Å². The first-order chi connectivity index (χ1) is 13.6. The van der Waals surface area contributed by atoms with Gasteiger partial charge in [0.25, 0.3) is 0 Å². The van der Waals surface area contributed by atoms with Crippen LogP contribution in [0.4, 0.5) is 0 Å². The number of nitrogens with zero attached hydrogens (tertiary/aromatic N) is 5. The van der Waals surface area contributed by atoms with Crippen LogP contribution in [0, 0.1) is 5.92 Å². The molecule has 6 nitrogen and oxygen atoms in total. The lowest BCUT2D eigenvalue weighted by Gasteiger charge is -2.31. The fourth-order valence-corrected chi connectivity index (χ4v) is 3.97. The van der Waals surface area contributed by atoms with Gasteiger partial charge in [-0.25, -0.2) is 4.98 Å². The highest BCUT2D eigenvalue weighted by Gasteiger charge is 2.27. The predicted molar refractivity (Wildman–Crippen MR) is 109 cm³/mol. The van der Waals surface area contributed by atoms with Crippen molar-refractivity contribution in [3.05, 3.63) is 48.7 Å². The summed E-state index contributed by atoms with van der Waals surface area (Å²) >= 11 is 0. The number of ketones is 1. The molecule has 144 valence electrons. The molecule has 0 saturated heterocycles. The molecule has 0 N–H and O–H groups in total. The summed E-state index contributed by atoms with van der Waals surface area (Å²) in [5.41, 5.74) is 3.12. The highest BCUT2D eigenvalue weighted by atomic mass is 16.1. The zero-order valence-electron chi connectivity index (χ0n) is 16.4. The molecule has 6 heteroatoms. The summed E-state index contributed by atoms with van der Waals surface area (Å²) in [6, 6.07) is 6.43. The maximum atomic E-state index is 12.8. The van der Waals surface area contributed by atoms with Crippen molar-refractivity contribution in [3.8, 4) is 11.4 Å². The second-order valence-corrected chi connectivity index (χ2v) is 7.77. The zero-order chi connectivity index (χ0) is 19.5. The van der Waals surface area contributed by atoms with Gasteiger partial charge in [-0.3, -0.25) is 19.7 Å². The first kappa shape index (κ1) is 18.6. The third-order valence-electron chi connectivity index (χ3n) is 5.69. The summed E-state index contributed by atoms with van der Waals surface area (Å²) in [4.78, 5) is 32.6. The van der Waals surface area contributed by atoms with Crippen molar-refractivity contribution in [2.24, 2.45) is 5.92 Å². The van der Waals surface area contributed by atoms with Crippen molar-refractivity contribution in [1.82, 2.24) is 24.8 Å². The average Bonchev–Trinajstić information content (AvgIpc) is 2.74. The minimum Gasteiger partial charge on any atom is -0.306 e. The Morgan fingerprint density at radius 1 is 1.04 bits per heavy atom. The minimum atomic E-state index is 0.160. The summed E-state index contributed by atoms with van der Waals surface area (Å²) in [6.07, 6.45) is 11.3. The number of rotatable bonds is 5. The third-order valence-corrected chi connectivity index (χ3v) is 5.69. The molecule has 1 aliphatic carbocycles. The summed E-state index contributed by atoms with van der Waals surface area (Å²) in [7, 11) is 4.24. The van der Waals surface area contributed by atoms with Gasteiger partial charge in [-0.1, -0.05) is 0 Å². The Kier molecular flexibility index (Phi) is 5.39. The quantitative estimate of drug-likeness (QED) is 0.681. The van der Waals surface area contributed by atoms with Gasteiger partial charge in [-0.05, 0) is 58.0 Å². The molecule has 28 heavy (non-hydrogen) atoms. The largest absolute Gasteiger partial charge is 0.306 e. The number of pyridine rings is 2. The second-order valence-electron chi connectivity index (χ2n) is 7.77. The van der Waals surface area contributed by atoms with Crippen molar-refractivity contribution >= 4 is 16.7 Å². The minimum absolute atomic E-state index is 0.160. The fourth-order valence-electron chi connectivity index (χ4n) is 3.97. The normalized spacial score (nSPS) is 19.8. The van der Waals surface area contributed by atoms with Crippen LogP contribution in [0.15, 0.2) is 43.0 Å². The van der Waals surface area contributed by atoms with Gasteiger partial charge in [-0.15, -0.1) is 0 Å². The van der Waals surface area contributed by atoms with E-state index < -0.39 is 0 Å². The van der Waals surface area contributed by atoms with E-state index in [0.717, 1.165) is 53.7 Å². The number of aromatic nitrogens is 4. The smallest absolute Gasteiger partial charge is 0.141 e. The highest BCUT2D eigenvalue weighted by Crippen LogP contribution is 2.28. The van der Waals surface area contributed by atoms with Gasteiger partial charge in [0.2, 0.25) is 0 Å². The number of hydrogen-bond acceptors (Lipinski definition) is 6. The molecule has 0 spiro atoms. The Morgan fingerprint density at radius 2 is 1.86 bits per heavy atom. The molecule has 1 fully saturated rings. The van der Waals surface area contributed by atoms with Gasteiger partial charge in [-0.2, -0.15) is 0 Å². The first-order valence-electron chi connectivity index (χ1n) is 9.81. The summed E-state index contributed by atoms with van der Waals surface area (Å²) < 4.78 is 0. The zero-order valence-corrected chi connectivity index (χ0v) is 16.4. The summed E-state index contributed by atoms with van der Waals surface area (Å²) in [5.74, 6) is 0.460. The third kappa shape index (κ3) is 4.07. The van der Waals surface area contributed by atoms with Crippen LogP contribution in [0.3, 0.4) is 0 Å². The standard InChI is InChI=1S/C22H25N5O/c1-27(2)18-6-3-15(4-7-18)22(28)12-17-11-20-16(13-25-17)5-8-19(26-20)21-14-23-9-10-24-21/h5,8-11,13-15,18H,3-4,6-7,12H2,1-2H3. The van der Waals surface area contributed by atoms with E-state index in [2.05, 4.69) is 33.9 Å². The maximum Gasteiger partial charge on any atom is 0.141 e. The number of Topliss-reactive ketones (excluding diaryl/α,β-unsaturated/α-hetero) is 1. The molecular formula is C22H25N5O. The molecule has 1 saturated carbocycles. The van der Waals surface area contributed by atoms with E-state index in [1.807, 2.05) is 18.2 Å². The topological polar surface area (TPSA) is 71.9 Å². The molecule has 0 aromatic carbocycles. The Morgan fingerprint density at radius 3 is 2.57 bits per heavy atom. The van der Waals surface area contributed by atoms with Crippen molar-refractivity contribution < 1.29 is 4.79 Å². The second kappa shape index (κ2) is 8.10. The lowest BCUT2D eigenvalue weighted by atomic mass is 9.82. The van der Waals surface area contributed by atoms with Crippen LogP contribution in [0.1, 0.15) is 31.4 Å².